The fourth-order valence-corrected chi connectivity index (χ4v) is 3.30. The Balaban J connectivity index is 1.84. The molecule has 31 heavy (non-hydrogen) atoms. The van der Waals surface area contributed by atoms with E-state index in [2.05, 4.69) is 0 Å². The second-order valence-electron chi connectivity index (χ2n) is 6.77. The molecule has 0 N–H and O–H groups in total. The van der Waals surface area contributed by atoms with Crippen LogP contribution in [0.1, 0.15) is 11.3 Å². The number of para-hydroxylation sites is 1. The van der Waals surface area contributed by atoms with Crippen molar-refractivity contribution < 1.29 is 27.1 Å². The monoisotopic (exact) mass is 426 g/mol. The standard InChI is InChI=1S/C24H17F3O4/c1-29-19-10-6-5-9-17(19)21-22(28)18-12-11-16(30-14-15-7-3-2-4-8-15)13-20(18)31-23(21)24(25,26)27/h2-13H,14H2,1H3. The zero-order valence-corrected chi connectivity index (χ0v) is 16.4. The van der Waals surface area contributed by atoms with E-state index in [0.717, 1.165) is 5.56 Å². The van der Waals surface area contributed by atoms with Gasteiger partial charge in [-0.15, -0.1) is 0 Å². The first kappa shape index (κ1) is 20.5. The predicted octanol–water partition coefficient (Wildman–Crippen LogP) is 6.07. The van der Waals surface area contributed by atoms with E-state index in [4.69, 9.17) is 13.9 Å². The van der Waals surface area contributed by atoms with Gasteiger partial charge < -0.3 is 13.9 Å². The van der Waals surface area contributed by atoms with Crippen LogP contribution in [0.4, 0.5) is 13.2 Å². The van der Waals surface area contributed by atoms with Crippen LogP contribution in [0.2, 0.25) is 0 Å². The summed E-state index contributed by atoms with van der Waals surface area (Å²) in [6.45, 7) is 0.224. The summed E-state index contributed by atoms with van der Waals surface area (Å²) in [6.07, 6.45) is -4.88. The maximum Gasteiger partial charge on any atom is 0.450 e. The number of ether oxygens (including phenoxy) is 2. The number of halogens is 3. The average molecular weight is 426 g/mol. The largest absolute Gasteiger partial charge is 0.496 e. The van der Waals surface area contributed by atoms with Crippen LogP contribution in [0.15, 0.2) is 82.0 Å². The molecule has 0 aliphatic rings. The highest BCUT2D eigenvalue weighted by molar-refractivity contribution is 5.85. The van der Waals surface area contributed by atoms with E-state index >= 15 is 0 Å². The van der Waals surface area contributed by atoms with Crippen molar-refractivity contribution in [3.63, 3.8) is 0 Å². The van der Waals surface area contributed by atoms with E-state index in [1.54, 1.807) is 6.07 Å². The van der Waals surface area contributed by atoms with Gasteiger partial charge in [0.25, 0.3) is 0 Å². The summed E-state index contributed by atoms with van der Waals surface area (Å²) in [5, 5.41) is 0.0148. The molecule has 0 fully saturated rings. The van der Waals surface area contributed by atoms with E-state index in [-0.39, 0.29) is 34.6 Å². The molecule has 0 saturated heterocycles. The Labute approximate surface area is 175 Å². The Hall–Kier alpha value is -3.74. The normalized spacial score (nSPS) is 11.5. The maximum atomic E-state index is 13.8. The Kier molecular flexibility index (Phi) is 5.42. The van der Waals surface area contributed by atoms with Crippen molar-refractivity contribution >= 4 is 11.0 Å². The molecule has 158 valence electrons. The third-order valence-corrected chi connectivity index (χ3v) is 4.75. The van der Waals surface area contributed by atoms with Gasteiger partial charge in [0, 0.05) is 11.6 Å². The number of rotatable bonds is 5. The Morgan fingerprint density at radius 3 is 2.35 bits per heavy atom. The summed E-state index contributed by atoms with van der Waals surface area (Å²) in [6, 6.07) is 19.5. The van der Waals surface area contributed by atoms with Crippen molar-refractivity contribution in [2.75, 3.05) is 7.11 Å². The number of hydrogen-bond donors (Lipinski definition) is 0. The van der Waals surface area contributed by atoms with Crippen LogP contribution in [0.5, 0.6) is 11.5 Å². The Morgan fingerprint density at radius 2 is 1.65 bits per heavy atom. The topological polar surface area (TPSA) is 48.7 Å². The van der Waals surface area contributed by atoms with Gasteiger partial charge >= 0.3 is 6.18 Å². The highest BCUT2D eigenvalue weighted by atomic mass is 19.4. The van der Waals surface area contributed by atoms with E-state index in [9.17, 15) is 18.0 Å². The van der Waals surface area contributed by atoms with Crippen LogP contribution in [0.25, 0.3) is 22.1 Å². The Bertz CT molecular complexity index is 1280. The van der Waals surface area contributed by atoms with Crippen molar-refractivity contribution in [3.8, 4) is 22.6 Å². The first-order valence-electron chi connectivity index (χ1n) is 9.36. The smallest absolute Gasteiger partial charge is 0.450 e. The zero-order chi connectivity index (χ0) is 22.0. The quantitative estimate of drug-likeness (QED) is 0.389. The lowest BCUT2D eigenvalue weighted by Gasteiger charge is -2.15. The molecule has 7 heteroatoms. The lowest BCUT2D eigenvalue weighted by molar-refractivity contribution is -0.152. The third kappa shape index (κ3) is 4.12. The molecule has 0 spiro atoms. The van der Waals surface area contributed by atoms with Crippen LogP contribution >= 0.6 is 0 Å². The SMILES string of the molecule is COc1ccccc1-c1c(C(F)(F)F)oc2cc(OCc3ccccc3)ccc2c1=O. The number of benzene rings is 3. The van der Waals surface area contributed by atoms with Crippen LogP contribution in [-0.2, 0) is 12.8 Å². The molecule has 1 aromatic heterocycles. The molecule has 3 aromatic carbocycles. The number of alkyl halides is 3. The molecular weight excluding hydrogens is 409 g/mol. The van der Waals surface area contributed by atoms with Gasteiger partial charge in [-0.05, 0) is 23.8 Å². The summed E-state index contributed by atoms with van der Waals surface area (Å²) < 4.78 is 57.6. The minimum absolute atomic E-state index is 0.0115. The van der Waals surface area contributed by atoms with Gasteiger partial charge in [0.05, 0.1) is 18.1 Å². The zero-order valence-electron chi connectivity index (χ0n) is 16.4. The van der Waals surface area contributed by atoms with Crippen molar-refractivity contribution in [1.29, 1.82) is 0 Å². The summed E-state index contributed by atoms with van der Waals surface area (Å²) >= 11 is 0. The first-order chi connectivity index (χ1) is 14.9. The molecule has 0 aliphatic heterocycles. The van der Waals surface area contributed by atoms with E-state index in [1.165, 1.54) is 43.5 Å². The highest BCUT2D eigenvalue weighted by Gasteiger charge is 2.40. The molecule has 0 aliphatic carbocycles. The van der Waals surface area contributed by atoms with Gasteiger partial charge in [-0.25, -0.2) is 0 Å². The number of methoxy groups -OCH3 is 1. The second-order valence-corrected chi connectivity index (χ2v) is 6.77. The van der Waals surface area contributed by atoms with Crippen molar-refractivity contribution in [1.82, 2.24) is 0 Å². The van der Waals surface area contributed by atoms with E-state index in [1.807, 2.05) is 30.3 Å². The molecule has 0 radical (unpaired) electrons. The van der Waals surface area contributed by atoms with E-state index < -0.39 is 22.9 Å². The van der Waals surface area contributed by atoms with Gasteiger partial charge in [-0.1, -0.05) is 48.5 Å². The molecule has 0 atom stereocenters. The summed E-state index contributed by atoms with van der Waals surface area (Å²) in [5.41, 5.74) is -0.687. The molecule has 4 aromatic rings. The molecule has 4 nitrogen and oxygen atoms in total. The molecule has 1 heterocycles. The second kappa shape index (κ2) is 8.18. The fourth-order valence-electron chi connectivity index (χ4n) is 3.30. The lowest BCUT2D eigenvalue weighted by atomic mass is 10.0. The predicted molar refractivity (Wildman–Crippen MR) is 110 cm³/mol. The molecular formula is C24H17F3O4. The van der Waals surface area contributed by atoms with Crippen LogP contribution in [-0.4, -0.2) is 7.11 Å². The van der Waals surface area contributed by atoms with Gasteiger partial charge in [0.15, 0.2) is 0 Å². The minimum Gasteiger partial charge on any atom is -0.496 e. The van der Waals surface area contributed by atoms with Gasteiger partial charge in [0.2, 0.25) is 11.2 Å². The van der Waals surface area contributed by atoms with Crippen molar-refractivity contribution in [2.45, 2.75) is 12.8 Å². The van der Waals surface area contributed by atoms with Crippen LogP contribution in [0, 0.1) is 0 Å². The third-order valence-electron chi connectivity index (χ3n) is 4.75. The summed E-state index contributed by atoms with van der Waals surface area (Å²) in [4.78, 5) is 13.1. The fraction of sp³-hybridized carbons (Fsp3) is 0.125. The molecule has 0 saturated carbocycles. The maximum absolute atomic E-state index is 13.8. The molecule has 0 bridgehead atoms. The van der Waals surface area contributed by atoms with Crippen LogP contribution in [0.3, 0.4) is 0 Å². The first-order valence-corrected chi connectivity index (χ1v) is 9.36. The molecule has 0 amide bonds. The summed E-state index contributed by atoms with van der Waals surface area (Å²) in [7, 11) is 1.32. The number of hydrogen-bond acceptors (Lipinski definition) is 4. The highest BCUT2D eigenvalue weighted by Crippen LogP contribution is 2.40. The average Bonchev–Trinajstić information content (AvgIpc) is 2.77. The lowest BCUT2D eigenvalue weighted by Crippen LogP contribution is -2.16. The Morgan fingerprint density at radius 1 is 0.935 bits per heavy atom. The molecule has 0 unspecified atom stereocenters. The van der Waals surface area contributed by atoms with Gasteiger partial charge in [0.1, 0.15) is 23.7 Å². The molecule has 4 rings (SSSR count). The van der Waals surface area contributed by atoms with Gasteiger partial charge in [-0.3, -0.25) is 4.79 Å². The summed E-state index contributed by atoms with van der Waals surface area (Å²) in [5.74, 6) is -0.949. The van der Waals surface area contributed by atoms with Crippen LogP contribution < -0.4 is 14.9 Å². The van der Waals surface area contributed by atoms with Crippen molar-refractivity contribution in [2.24, 2.45) is 0 Å². The van der Waals surface area contributed by atoms with E-state index in [0.29, 0.717) is 0 Å². The minimum atomic E-state index is -4.88. The van der Waals surface area contributed by atoms with Gasteiger partial charge in [-0.2, -0.15) is 13.2 Å². The van der Waals surface area contributed by atoms with Crippen molar-refractivity contribution in [3.05, 3.63) is 94.3 Å². The number of fused-ring (bicyclic) bond motifs is 1.